The van der Waals surface area contributed by atoms with Crippen molar-refractivity contribution in [1.29, 1.82) is 0 Å². The van der Waals surface area contributed by atoms with E-state index in [0.29, 0.717) is 33.3 Å². The van der Waals surface area contributed by atoms with Gasteiger partial charge in [-0.2, -0.15) is 4.31 Å². The Morgan fingerprint density at radius 1 is 1.14 bits per heavy atom. The van der Waals surface area contributed by atoms with Crippen LogP contribution >= 0.6 is 27.3 Å². The van der Waals surface area contributed by atoms with E-state index in [-0.39, 0.29) is 28.8 Å². The fraction of sp³-hybridized carbons (Fsp3) is 0.278. The van der Waals surface area contributed by atoms with E-state index in [1.54, 1.807) is 36.3 Å². The van der Waals surface area contributed by atoms with Gasteiger partial charge in [0, 0.05) is 50.1 Å². The van der Waals surface area contributed by atoms with Gasteiger partial charge in [-0.25, -0.2) is 8.42 Å². The summed E-state index contributed by atoms with van der Waals surface area (Å²) in [6.45, 7) is 1.01. The molecule has 4 rings (SSSR count). The summed E-state index contributed by atoms with van der Waals surface area (Å²) in [5.41, 5.74) is 1.16. The molecular formula is C18H17BrN4O4S2. The van der Waals surface area contributed by atoms with Crippen LogP contribution < -0.4 is 4.87 Å². The molecule has 8 nitrogen and oxygen atoms in total. The number of fused-ring (bicyclic) bond motifs is 1. The molecule has 1 aliphatic heterocycles. The number of hydrogen-bond donors (Lipinski definition) is 0. The molecule has 29 heavy (non-hydrogen) atoms. The topological polar surface area (TPSA) is 92.6 Å². The quantitative estimate of drug-likeness (QED) is 0.551. The number of rotatable bonds is 3. The number of amides is 1. The normalized spacial score (nSPS) is 15.7. The number of nitrogens with zero attached hydrogens (tertiary/aromatic N) is 4. The van der Waals surface area contributed by atoms with Crippen molar-refractivity contribution in [3.63, 3.8) is 0 Å². The van der Waals surface area contributed by atoms with Crippen LogP contribution in [0.25, 0.3) is 10.2 Å². The summed E-state index contributed by atoms with van der Waals surface area (Å²) in [5, 5.41) is 0. The molecule has 0 radical (unpaired) electrons. The third-order valence-electron chi connectivity index (χ3n) is 4.88. The van der Waals surface area contributed by atoms with Crippen LogP contribution in [-0.2, 0) is 17.1 Å². The highest BCUT2D eigenvalue weighted by atomic mass is 79.9. The highest BCUT2D eigenvalue weighted by Gasteiger charge is 2.31. The zero-order chi connectivity index (χ0) is 20.8. The Kier molecular flexibility index (Phi) is 5.32. The van der Waals surface area contributed by atoms with Gasteiger partial charge in [-0.1, -0.05) is 11.3 Å². The SMILES string of the molecule is Cn1c(=O)sc2cc(S(=O)(=O)N3CCN(C(=O)c4cncc(Br)c4)CC3)ccc21. The Bertz CT molecular complexity index is 1260. The van der Waals surface area contributed by atoms with Gasteiger partial charge in [0.2, 0.25) is 10.0 Å². The number of piperazine rings is 1. The molecule has 1 fully saturated rings. The smallest absolute Gasteiger partial charge is 0.307 e. The van der Waals surface area contributed by atoms with Crippen molar-refractivity contribution in [3.05, 3.63) is 56.4 Å². The molecule has 1 aromatic carbocycles. The molecule has 3 heterocycles. The average Bonchev–Trinajstić information content (AvgIpc) is 3.00. The number of carbonyl (C=O) groups is 1. The average molecular weight is 497 g/mol. The summed E-state index contributed by atoms with van der Waals surface area (Å²) in [4.78, 5) is 30.1. The van der Waals surface area contributed by atoms with Gasteiger partial charge in [0.15, 0.2) is 0 Å². The van der Waals surface area contributed by atoms with E-state index in [4.69, 9.17) is 0 Å². The fourth-order valence-corrected chi connectivity index (χ4v) is 6.07. The van der Waals surface area contributed by atoms with E-state index < -0.39 is 10.0 Å². The Balaban J connectivity index is 1.51. The minimum atomic E-state index is -3.71. The van der Waals surface area contributed by atoms with Crippen LogP contribution in [0.5, 0.6) is 0 Å². The molecule has 3 aromatic rings. The van der Waals surface area contributed by atoms with E-state index >= 15 is 0 Å². The molecule has 0 saturated carbocycles. The van der Waals surface area contributed by atoms with Gasteiger partial charge in [0.05, 0.1) is 20.7 Å². The number of sulfonamides is 1. The van der Waals surface area contributed by atoms with Crippen molar-refractivity contribution in [3.8, 4) is 0 Å². The third-order valence-corrected chi connectivity index (χ3v) is 8.20. The monoisotopic (exact) mass is 496 g/mol. The van der Waals surface area contributed by atoms with E-state index in [2.05, 4.69) is 20.9 Å². The van der Waals surface area contributed by atoms with Crippen molar-refractivity contribution in [2.75, 3.05) is 26.2 Å². The lowest BCUT2D eigenvalue weighted by Crippen LogP contribution is -2.50. The molecule has 0 bridgehead atoms. The van der Waals surface area contributed by atoms with E-state index in [9.17, 15) is 18.0 Å². The molecule has 0 spiro atoms. The lowest BCUT2D eigenvalue weighted by molar-refractivity contribution is 0.0697. The summed E-state index contributed by atoms with van der Waals surface area (Å²) in [6, 6.07) is 6.41. The zero-order valence-electron chi connectivity index (χ0n) is 15.4. The molecule has 152 valence electrons. The van der Waals surface area contributed by atoms with Crippen molar-refractivity contribution >= 4 is 53.4 Å². The highest BCUT2D eigenvalue weighted by molar-refractivity contribution is 9.10. The second-order valence-electron chi connectivity index (χ2n) is 6.64. The fourth-order valence-electron chi connectivity index (χ4n) is 3.27. The molecule has 0 N–H and O–H groups in total. The lowest BCUT2D eigenvalue weighted by atomic mass is 10.2. The van der Waals surface area contributed by atoms with Crippen molar-refractivity contribution in [2.45, 2.75) is 4.90 Å². The first-order chi connectivity index (χ1) is 13.8. The minimum absolute atomic E-state index is 0.135. The van der Waals surface area contributed by atoms with Crippen LogP contribution in [0.3, 0.4) is 0 Å². The maximum Gasteiger partial charge on any atom is 0.307 e. The number of thiazole rings is 1. The summed E-state index contributed by atoms with van der Waals surface area (Å²) in [7, 11) is -2.05. The molecule has 0 unspecified atom stereocenters. The largest absolute Gasteiger partial charge is 0.336 e. The Morgan fingerprint density at radius 2 is 1.86 bits per heavy atom. The zero-order valence-corrected chi connectivity index (χ0v) is 18.6. The number of pyridine rings is 1. The van der Waals surface area contributed by atoms with E-state index in [0.717, 1.165) is 11.3 Å². The van der Waals surface area contributed by atoms with Crippen LogP contribution in [0.4, 0.5) is 0 Å². The summed E-state index contributed by atoms with van der Waals surface area (Å²) in [5.74, 6) is -0.175. The molecular weight excluding hydrogens is 480 g/mol. The van der Waals surface area contributed by atoms with Gasteiger partial charge in [-0.3, -0.25) is 14.6 Å². The van der Waals surface area contributed by atoms with Crippen LogP contribution in [0.15, 0.2) is 50.8 Å². The lowest BCUT2D eigenvalue weighted by Gasteiger charge is -2.34. The summed E-state index contributed by atoms with van der Waals surface area (Å²) >= 11 is 4.32. The summed E-state index contributed by atoms with van der Waals surface area (Å²) < 4.78 is 30.3. The number of halogens is 1. The second-order valence-corrected chi connectivity index (χ2v) is 10.5. The van der Waals surface area contributed by atoms with E-state index in [1.165, 1.54) is 21.1 Å². The highest BCUT2D eigenvalue weighted by Crippen LogP contribution is 2.24. The van der Waals surface area contributed by atoms with Crippen LogP contribution in [0.1, 0.15) is 10.4 Å². The first kappa shape index (κ1) is 20.2. The van der Waals surface area contributed by atoms with Crippen LogP contribution in [-0.4, -0.2) is 59.3 Å². The number of hydrogen-bond acceptors (Lipinski definition) is 6. The molecule has 1 saturated heterocycles. The van der Waals surface area contributed by atoms with Gasteiger partial charge in [0.1, 0.15) is 0 Å². The molecule has 1 amide bonds. The van der Waals surface area contributed by atoms with Gasteiger partial charge in [-0.05, 0) is 40.2 Å². The van der Waals surface area contributed by atoms with Gasteiger partial charge in [-0.15, -0.1) is 0 Å². The Morgan fingerprint density at radius 3 is 2.55 bits per heavy atom. The Hall–Kier alpha value is -2.08. The molecule has 0 atom stereocenters. The third kappa shape index (κ3) is 3.75. The summed E-state index contributed by atoms with van der Waals surface area (Å²) in [6.07, 6.45) is 3.10. The van der Waals surface area contributed by atoms with Gasteiger partial charge >= 0.3 is 4.87 Å². The Labute approximate surface area is 179 Å². The van der Waals surface area contributed by atoms with Gasteiger partial charge in [0.25, 0.3) is 5.91 Å². The van der Waals surface area contributed by atoms with Crippen LogP contribution in [0, 0.1) is 0 Å². The predicted octanol–water partition coefficient (Wildman–Crippen LogP) is 1.90. The van der Waals surface area contributed by atoms with E-state index in [1.807, 2.05) is 0 Å². The van der Waals surface area contributed by atoms with Crippen LogP contribution in [0.2, 0.25) is 0 Å². The number of aromatic nitrogens is 2. The van der Waals surface area contributed by atoms with Crippen molar-refractivity contribution < 1.29 is 13.2 Å². The number of carbonyl (C=O) groups excluding carboxylic acids is 1. The standard InChI is InChI=1S/C18H17BrN4O4S2/c1-21-15-3-2-14(9-16(15)28-18(21)25)29(26,27)23-6-4-22(5-7-23)17(24)12-8-13(19)11-20-10-12/h2-3,8-11H,4-7H2,1H3. The molecule has 11 heteroatoms. The maximum absolute atomic E-state index is 13.0. The molecule has 0 aliphatic carbocycles. The molecule has 1 aliphatic rings. The second kappa shape index (κ2) is 7.63. The van der Waals surface area contributed by atoms with Gasteiger partial charge < -0.3 is 9.47 Å². The molecule has 2 aromatic heterocycles. The first-order valence-electron chi connectivity index (χ1n) is 8.77. The van der Waals surface area contributed by atoms with Crippen molar-refractivity contribution in [2.24, 2.45) is 7.05 Å². The van der Waals surface area contributed by atoms with Crippen molar-refractivity contribution in [1.82, 2.24) is 18.8 Å². The maximum atomic E-state index is 13.0. The number of aryl methyl sites for hydroxylation is 1. The minimum Gasteiger partial charge on any atom is -0.336 e. The first-order valence-corrected chi connectivity index (χ1v) is 11.8. The predicted molar refractivity (Wildman–Crippen MR) is 114 cm³/mol. The number of benzene rings is 1.